The van der Waals surface area contributed by atoms with Crippen molar-refractivity contribution in [2.45, 2.75) is 0 Å². The number of benzene rings is 7. The van der Waals surface area contributed by atoms with E-state index in [9.17, 15) is 4.57 Å². The van der Waals surface area contributed by atoms with Crippen molar-refractivity contribution >= 4 is 66.7 Å². The van der Waals surface area contributed by atoms with Crippen molar-refractivity contribution in [3.8, 4) is 22.4 Å². The predicted octanol–water partition coefficient (Wildman–Crippen LogP) is 10.3. The van der Waals surface area contributed by atoms with Gasteiger partial charge < -0.3 is 8.98 Å². The Morgan fingerprint density at radius 1 is 0.426 bits per heavy atom. The van der Waals surface area contributed by atoms with Gasteiger partial charge in [-0.3, -0.25) is 0 Å². The SMILES string of the molecule is O=P(c1ccccc1)(c1ccccc1)c1ccc(-c2cccc3c2oc2c3ccc3c(-c4ccccc4)nc4ccccc4c32)cc1. The van der Waals surface area contributed by atoms with Crippen LogP contribution >= 0.6 is 7.14 Å². The van der Waals surface area contributed by atoms with Gasteiger partial charge in [0.2, 0.25) is 0 Å². The zero-order chi connectivity index (χ0) is 31.4. The summed E-state index contributed by atoms with van der Waals surface area (Å²) in [6, 6.07) is 57.0. The van der Waals surface area contributed by atoms with Gasteiger partial charge in [0.05, 0.1) is 11.2 Å². The molecule has 3 nitrogen and oxygen atoms in total. The van der Waals surface area contributed by atoms with E-state index < -0.39 is 7.14 Å². The summed E-state index contributed by atoms with van der Waals surface area (Å²) in [5.74, 6) is 0. The lowest BCUT2D eigenvalue weighted by molar-refractivity contribution is 0.592. The molecular weight excluding hydrogens is 593 g/mol. The number of pyridine rings is 1. The van der Waals surface area contributed by atoms with Gasteiger partial charge in [0.15, 0.2) is 7.14 Å². The fraction of sp³-hybridized carbons (Fsp3) is 0. The largest absolute Gasteiger partial charge is 0.455 e. The van der Waals surface area contributed by atoms with Crippen molar-refractivity contribution in [2.75, 3.05) is 0 Å². The van der Waals surface area contributed by atoms with E-state index in [2.05, 4.69) is 72.8 Å². The van der Waals surface area contributed by atoms with E-state index in [4.69, 9.17) is 9.40 Å². The molecule has 0 unspecified atom stereocenters. The average Bonchev–Trinajstić information content (AvgIpc) is 3.54. The molecule has 0 N–H and O–H groups in total. The molecule has 0 atom stereocenters. The Morgan fingerprint density at radius 3 is 1.68 bits per heavy atom. The third-order valence-corrected chi connectivity index (χ3v) is 12.2. The molecule has 7 aromatic carbocycles. The molecule has 0 aliphatic heterocycles. The van der Waals surface area contributed by atoms with Crippen LogP contribution in [0.15, 0.2) is 174 Å². The minimum absolute atomic E-state index is 0.800. The van der Waals surface area contributed by atoms with Crippen LogP contribution in [0.25, 0.3) is 66.0 Å². The first-order valence-corrected chi connectivity index (χ1v) is 17.5. The van der Waals surface area contributed by atoms with Crippen LogP contribution < -0.4 is 15.9 Å². The van der Waals surface area contributed by atoms with Gasteiger partial charge in [-0.2, -0.15) is 0 Å². The van der Waals surface area contributed by atoms with Gasteiger partial charge in [-0.1, -0.05) is 158 Å². The molecule has 0 amide bonds. The molecule has 2 aromatic heterocycles. The Hall–Kier alpha value is -5.76. The Balaban J connectivity index is 1.24. The molecule has 2 heterocycles. The summed E-state index contributed by atoms with van der Waals surface area (Å²) >= 11 is 0. The minimum Gasteiger partial charge on any atom is -0.455 e. The number of hydrogen-bond acceptors (Lipinski definition) is 3. The molecule has 47 heavy (non-hydrogen) atoms. The Labute approximate surface area is 272 Å². The Morgan fingerprint density at radius 2 is 0.979 bits per heavy atom. The van der Waals surface area contributed by atoms with E-state index in [1.165, 1.54) is 0 Å². The molecule has 222 valence electrons. The monoisotopic (exact) mass is 621 g/mol. The topological polar surface area (TPSA) is 43.1 Å². The quantitative estimate of drug-likeness (QED) is 0.142. The summed E-state index contributed by atoms with van der Waals surface area (Å²) in [6.45, 7) is 0. The lowest BCUT2D eigenvalue weighted by Gasteiger charge is -2.20. The van der Waals surface area contributed by atoms with Crippen LogP contribution in [0.2, 0.25) is 0 Å². The van der Waals surface area contributed by atoms with Gasteiger partial charge in [0.1, 0.15) is 11.2 Å². The molecule has 0 aliphatic rings. The molecule has 0 aliphatic carbocycles. The summed E-state index contributed by atoms with van der Waals surface area (Å²) < 4.78 is 21.8. The normalized spacial score (nSPS) is 11.9. The van der Waals surface area contributed by atoms with E-state index in [0.717, 1.165) is 81.9 Å². The zero-order valence-electron chi connectivity index (χ0n) is 25.4. The highest BCUT2D eigenvalue weighted by molar-refractivity contribution is 7.85. The summed E-state index contributed by atoms with van der Waals surface area (Å²) in [7, 11) is -3.07. The summed E-state index contributed by atoms with van der Waals surface area (Å²) in [4.78, 5) is 5.11. The van der Waals surface area contributed by atoms with Crippen LogP contribution in [-0.4, -0.2) is 4.98 Å². The van der Waals surface area contributed by atoms with Crippen molar-refractivity contribution in [1.82, 2.24) is 4.98 Å². The van der Waals surface area contributed by atoms with Gasteiger partial charge in [-0.05, 0) is 17.7 Å². The molecule has 0 saturated heterocycles. The van der Waals surface area contributed by atoms with Crippen LogP contribution in [0.1, 0.15) is 0 Å². The number of furan rings is 1. The number of para-hydroxylation sites is 2. The second kappa shape index (κ2) is 10.9. The van der Waals surface area contributed by atoms with Crippen molar-refractivity contribution in [2.24, 2.45) is 0 Å². The van der Waals surface area contributed by atoms with Crippen LogP contribution in [0, 0.1) is 0 Å². The van der Waals surface area contributed by atoms with Gasteiger partial charge >= 0.3 is 0 Å². The van der Waals surface area contributed by atoms with E-state index in [-0.39, 0.29) is 0 Å². The summed E-state index contributed by atoms with van der Waals surface area (Å²) in [6.07, 6.45) is 0. The lowest BCUT2D eigenvalue weighted by atomic mass is 9.97. The first-order valence-electron chi connectivity index (χ1n) is 15.7. The number of rotatable bonds is 5. The first-order chi connectivity index (χ1) is 23.2. The van der Waals surface area contributed by atoms with Crippen molar-refractivity contribution < 1.29 is 8.98 Å². The van der Waals surface area contributed by atoms with E-state index in [1.807, 2.05) is 97.1 Å². The molecule has 0 radical (unpaired) electrons. The zero-order valence-corrected chi connectivity index (χ0v) is 26.3. The maximum atomic E-state index is 14.9. The van der Waals surface area contributed by atoms with E-state index in [1.54, 1.807) is 0 Å². The second-order valence-electron chi connectivity index (χ2n) is 11.8. The second-order valence-corrected chi connectivity index (χ2v) is 14.6. The molecule has 0 bridgehead atoms. The van der Waals surface area contributed by atoms with Crippen LogP contribution in [-0.2, 0) is 4.57 Å². The maximum absolute atomic E-state index is 14.9. The predicted molar refractivity (Wildman–Crippen MR) is 197 cm³/mol. The molecule has 0 spiro atoms. The number of aromatic nitrogens is 1. The fourth-order valence-corrected chi connectivity index (χ4v) is 9.55. The fourth-order valence-electron chi connectivity index (χ4n) is 6.91. The van der Waals surface area contributed by atoms with Gasteiger partial charge in [0, 0.05) is 54.0 Å². The first kappa shape index (κ1) is 27.5. The Kier molecular flexibility index (Phi) is 6.41. The molecule has 9 rings (SSSR count). The smallest absolute Gasteiger partial charge is 0.171 e. The lowest BCUT2D eigenvalue weighted by Crippen LogP contribution is -2.24. The molecule has 9 aromatic rings. The van der Waals surface area contributed by atoms with Gasteiger partial charge in [0.25, 0.3) is 0 Å². The van der Waals surface area contributed by atoms with Crippen molar-refractivity contribution in [3.05, 3.63) is 170 Å². The van der Waals surface area contributed by atoms with Crippen LogP contribution in [0.5, 0.6) is 0 Å². The summed E-state index contributed by atoms with van der Waals surface area (Å²) in [5, 5.41) is 7.76. The molecule has 0 fully saturated rings. The molecule has 0 saturated carbocycles. The third kappa shape index (κ3) is 4.35. The third-order valence-electron chi connectivity index (χ3n) is 9.16. The highest BCUT2D eigenvalue weighted by atomic mass is 31.2. The van der Waals surface area contributed by atoms with E-state index in [0.29, 0.717) is 0 Å². The molecular formula is C43H28NO2P. The minimum atomic E-state index is -3.07. The van der Waals surface area contributed by atoms with Crippen LogP contribution in [0.3, 0.4) is 0 Å². The number of fused-ring (bicyclic) bond motifs is 7. The highest BCUT2D eigenvalue weighted by Crippen LogP contribution is 2.45. The highest BCUT2D eigenvalue weighted by Gasteiger charge is 2.29. The standard InChI is InChI=1S/C43H28NO2P/c45-47(31-15-6-2-7-16-31,32-17-8-3-9-18-32)33-25-23-29(24-26-33)34-20-12-21-35-36-27-28-38-40(43(36)46-42(34)35)37-19-10-11-22-39(37)44-41(38)30-13-4-1-5-14-30/h1-28H. The summed E-state index contributed by atoms with van der Waals surface area (Å²) in [5.41, 5.74) is 6.64. The maximum Gasteiger partial charge on any atom is 0.171 e. The average molecular weight is 622 g/mol. The van der Waals surface area contributed by atoms with Crippen molar-refractivity contribution in [1.29, 1.82) is 0 Å². The van der Waals surface area contributed by atoms with Crippen molar-refractivity contribution in [3.63, 3.8) is 0 Å². The van der Waals surface area contributed by atoms with E-state index >= 15 is 0 Å². The molecule has 4 heteroatoms. The Bertz CT molecular complexity index is 2590. The number of hydrogen-bond donors (Lipinski definition) is 0. The number of nitrogens with zero attached hydrogens (tertiary/aromatic N) is 1. The van der Waals surface area contributed by atoms with Gasteiger partial charge in [-0.25, -0.2) is 4.98 Å². The van der Waals surface area contributed by atoms with Crippen LogP contribution in [0.4, 0.5) is 0 Å². The van der Waals surface area contributed by atoms with Gasteiger partial charge in [-0.15, -0.1) is 0 Å².